The van der Waals surface area contributed by atoms with E-state index in [1.807, 2.05) is 0 Å². The van der Waals surface area contributed by atoms with E-state index in [0.29, 0.717) is 0 Å². The van der Waals surface area contributed by atoms with Gasteiger partial charge in [0, 0.05) is 19.3 Å². The summed E-state index contributed by atoms with van der Waals surface area (Å²) in [6.45, 7) is -0.334. The first-order valence-electron chi connectivity index (χ1n) is 5.62. The quantitative estimate of drug-likeness (QED) is 0.774. The first-order valence-corrected chi connectivity index (χ1v) is 5.62. The molecule has 1 aliphatic heterocycles. The topological polar surface area (TPSA) is 74.2 Å². The van der Waals surface area contributed by atoms with Crippen molar-refractivity contribution in [1.82, 2.24) is 10.3 Å². The molecule has 0 radical (unpaired) electrons. The molecule has 3 N–H and O–H groups in total. The number of rotatable bonds is 2. The Balaban J connectivity index is 0.00000200. The number of amides is 1. The Hall–Kier alpha value is -1.54. The molecule has 20 heavy (non-hydrogen) atoms. The minimum absolute atomic E-state index is 0. The normalized spacial score (nSPS) is 22.1. The number of nitrogens with zero attached hydrogens (tertiary/aromatic N) is 1. The highest BCUT2D eigenvalue weighted by Crippen LogP contribution is 2.35. The molecule has 1 amide bonds. The molecule has 0 aromatic carbocycles. The van der Waals surface area contributed by atoms with Gasteiger partial charge >= 0.3 is 6.18 Å². The minimum atomic E-state index is -4.43. The van der Waals surface area contributed by atoms with Crippen LogP contribution in [0.4, 0.5) is 19.0 Å². The van der Waals surface area contributed by atoms with Gasteiger partial charge in [-0.2, -0.15) is 13.2 Å². The molecule has 1 fully saturated rings. The molecule has 5 nitrogen and oxygen atoms in total. The summed E-state index contributed by atoms with van der Waals surface area (Å²) in [5, 5.41) is 14.2. The molecule has 2 rings (SSSR count). The molecule has 1 saturated heterocycles. The molecular formula is C11H13ClF3N3O2. The van der Waals surface area contributed by atoms with E-state index in [9.17, 15) is 23.1 Å². The van der Waals surface area contributed by atoms with Crippen LogP contribution in [0.15, 0.2) is 18.3 Å². The smallest absolute Gasteiger partial charge is 0.393 e. The number of pyridine rings is 1. The van der Waals surface area contributed by atoms with E-state index >= 15 is 0 Å². The van der Waals surface area contributed by atoms with Crippen LogP contribution in [0.3, 0.4) is 0 Å². The number of alkyl halides is 3. The van der Waals surface area contributed by atoms with Crippen LogP contribution in [0.25, 0.3) is 0 Å². The van der Waals surface area contributed by atoms with Gasteiger partial charge in [0.2, 0.25) is 5.91 Å². The number of anilines is 1. The van der Waals surface area contributed by atoms with Gasteiger partial charge in [0.1, 0.15) is 0 Å². The van der Waals surface area contributed by atoms with Gasteiger partial charge in [0.25, 0.3) is 0 Å². The van der Waals surface area contributed by atoms with Crippen molar-refractivity contribution in [1.29, 1.82) is 0 Å². The summed E-state index contributed by atoms with van der Waals surface area (Å²) in [7, 11) is 0. The van der Waals surface area contributed by atoms with Crippen LogP contribution in [0.5, 0.6) is 5.75 Å². The maximum atomic E-state index is 12.7. The van der Waals surface area contributed by atoms with Crippen molar-refractivity contribution in [3.63, 3.8) is 0 Å². The van der Waals surface area contributed by atoms with E-state index in [0.717, 1.165) is 0 Å². The molecule has 0 bridgehead atoms. The van der Waals surface area contributed by atoms with Crippen molar-refractivity contribution in [2.45, 2.75) is 6.18 Å². The van der Waals surface area contributed by atoms with E-state index in [1.54, 1.807) is 0 Å². The zero-order valence-electron chi connectivity index (χ0n) is 10.1. The first-order chi connectivity index (χ1) is 8.89. The molecule has 2 heterocycles. The predicted molar refractivity (Wildman–Crippen MR) is 67.7 cm³/mol. The summed E-state index contributed by atoms with van der Waals surface area (Å²) in [4.78, 5) is 15.5. The molecule has 1 aromatic rings. The molecule has 2 atom stereocenters. The maximum Gasteiger partial charge on any atom is 0.393 e. The first kappa shape index (κ1) is 16.5. The number of aromatic hydroxyl groups is 1. The minimum Gasteiger partial charge on any atom is -0.504 e. The summed E-state index contributed by atoms with van der Waals surface area (Å²) >= 11 is 0. The van der Waals surface area contributed by atoms with Gasteiger partial charge in [-0.1, -0.05) is 0 Å². The largest absolute Gasteiger partial charge is 0.504 e. The van der Waals surface area contributed by atoms with Crippen molar-refractivity contribution in [3.05, 3.63) is 18.3 Å². The number of hydrogen-bond acceptors (Lipinski definition) is 4. The predicted octanol–water partition coefficient (Wildman–Crippen LogP) is 1.55. The van der Waals surface area contributed by atoms with Crippen molar-refractivity contribution >= 4 is 24.1 Å². The summed E-state index contributed by atoms with van der Waals surface area (Å²) in [6.07, 6.45) is -3.11. The maximum absolute atomic E-state index is 12.7. The lowest BCUT2D eigenvalue weighted by Crippen LogP contribution is -2.36. The number of hydrogen-bond donors (Lipinski definition) is 3. The van der Waals surface area contributed by atoms with E-state index < -0.39 is 23.9 Å². The number of aromatic nitrogens is 1. The van der Waals surface area contributed by atoms with Crippen LogP contribution in [0, 0.1) is 11.8 Å². The SMILES string of the molecule is Cl.O=C(Nc1ncccc1O)[C@@H]1CNC[C@H]1C(F)(F)F. The zero-order valence-corrected chi connectivity index (χ0v) is 11.0. The summed E-state index contributed by atoms with van der Waals surface area (Å²) in [5.74, 6) is -4.17. The van der Waals surface area contributed by atoms with Gasteiger partial charge < -0.3 is 15.7 Å². The second kappa shape index (κ2) is 6.27. The van der Waals surface area contributed by atoms with E-state index in [4.69, 9.17) is 0 Å². The van der Waals surface area contributed by atoms with Gasteiger partial charge in [-0.25, -0.2) is 4.98 Å². The number of halogens is 4. The second-order valence-corrected chi connectivity index (χ2v) is 4.27. The fourth-order valence-corrected chi connectivity index (χ4v) is 2.00. The average molecular weight is 312 g/mol. The fraction of sp³-hybridized carbons (Fsp3) is 0.455. The number of nitrogens with one attached hydrogen (secondary N) is 2. The van der Waals surface area contributed by atoms with E-state index in [2.05, 4.69) is 15.6 Å². The lowest BCUT2D eigenvalue weighted by molar-refractivity contribution is -0.181. The fourth-order valence-electron chi connectivity index (χ4n) is 2.00. The lowest BCUT2D eigenvalue weighted by Gasteiger charge is -2.20. The van der Waals surface area contributed by atoms with Gasteiger partial charge in [-0.15, -0.1) is 12.4 Å². The molecule has 0 spiro atoms. The Morgan fingerprint density at radius 3 is 2.75 bits per heavy atom. The van der Waals surface area contributed by atoms with Crippen LogP contribution in [-0.4, -0.2) is 35.3 Å². The van der Waals surface area contributed by atoms with Crippen LogP contribution < -0.4 is 10.6 Å². The molecule has 1 aliphatic rings. The Kier molecular flexibility index (Phi) is 5.18. The molecule has 0 saturated carbocycles. The lowest BCUT2D eigenvalue weighted by atomic mass is 9.94. The van der Waals surface area contributed by atoms with E-state index in [-0.39, 0.29) is 37.1 Å². The van der Waals surface area contributed by atoms with Crippen LogP contribution in [0.2, 0.25) is 0 Å². The summed E-state index contributed by atoms with van der Waals surface area (Å²) in [6, 6.07) is 2.73. The third-order valence-electron chi connectivity index (χ3n) is 3.00. The third kappa shape index (κ3) is 3.51. The molecule has 9 heteroatoms. The summed E-state index contributed by atoms with van der Waals surface area (Å²) in [5.41, 5.74) is 0. The van der Waals surface area contributed by atoms with Crippen LogP contribution >= 0.6 is 12.4 Å². The van der Waals surface area contributed by atoms with Crippen molar-refractivity contribution < 1.29 is 23.1 Å². The molecule has 1 aromatic heterocycles. The highest BCUT2D eigenvalue weighted by Gasteiger charge is 2.49. The average Bonchev–Trinajstić information content (AvgIpc) is 2.81. The van der Waals surface area contributed by atoms with E-state index in [1.165, 1.54) is 18.3 Å². The standard InChI is InChI=1S/C11H12F3N3O2.ClH/c12-11(13,14)7-5-15-4-6(7)10(19)17-9-8(18)2-1-3-16-9;/h1-3,6-7,15,18H,4-5H2,(H,16,17,19);1H/t6-,7-;/m1./s1. The van der Waals surface area contributed by atoms with Crippen molar-refractivity contribution in [2.24, 2.45) is 11.8 Å². The third-order valence-corrected chi connectivity index (χ3v) is 3.00. The Bertz CT molecular complexity index is 484. The van der Waals surface area contributed by atoms with Crippen LogP contribution in [-0.2, 0) is 4.79 Å². The molecular weight excluding hydrogens is 299 g/mol. The van der Waals surface area contributed by atoms with Crippen LogP contribution in [0.1, 0.15) is 0 Å². The molecule has 112 valence electrons. The monoisotopic (exact) mass is 311 g/mol. The molecule has 0 unspecified atom stereocenters. The highest BCUT2D eigenvalue weighted by atomic mass is 35.5. The van der Waals surface area contributed by atoms with Gasteiger partial charge in [-0.05, 0) is 12.1 Å². The summed E-state index contributed by atoms with van der Waals surface area (Å²) < 4.78 is 38.1. The van der Waals surface area contributed by atoms with Crippen molar-refractivity contribution in [3.8, 4) is 5.75 Å². The van der Waals surface area contributed by atoms with Gasteiger partial charge in [0.15, 0.2) is 11.6 Å². The van der Waals surface area contributed by atoms with Gasteiger partial charge in [-0.3, -0.25) is 4.79 Å². The Morgan fingerprint density at radius 1 is 1.45 bits per heavy atom. The number of carbonyl (C=O) groups excluding carboxylic acids is 1. The second-order valence-electron chi connectivity index (χ2n) is 4.27. The Labute approximate surface area is 119 Å². The van der Waals surface area contributed by atoms with Crippen molar-refractivity contribution in [2.75, 3.05) is 18.4 Å². The Morgan fingerprint density at radius 2 is 2.15 bits per heavy atom. The molecule has 0 aliphatic carbocycles. The zero-order chi connectivity index (χ0) is 14.0. The number of carbonyl (C=O) groups is 1. The highest BCUT2D eigenvalue weighted by molar-refractivity contribution is 5.93. The van der Waals surface area contributed by atoms with Gasteiger partial charge in [0.05, 0.1) is 11.8 Å².